The number of halogens is 1. The van der Waals surface area contributed by atoms with Gasteiger partial charge < -0.3 is 10.2 Å². The van der Waals surface area contributed by atoms with Gasteiger partial charge in [0.1, 0.15) is 6.04 Å². The number of carbonyl (C=O) groups excluding carboxylic acids is 2. The van der Waals surface area contributed by atoms with Gasteiger partial charge >= 0.3 is 0 Å². The number of amides is 2. The average Bonchev–Trinajstić information content (AvgIpc) is 2.68. The lowest BCUT2D eigenvalue weighted by Gasteiger charge is -2.30. The van der Waals surface area contributed by atoms with Crippen LogP contribution in [0.1, 0.15) is 49.4 Å². The zero-order valence-electron chi connectivity index (χ0n) is 18.0. The number of carbonyl (C=O) groups is 2. The molecule has 4 nitrogen and oxygen atoms in total. The fourth-order valence-electron chi connectivity index (χ4n) is 3.07. The summed E-state index contributed by atoms with van der Waals surface area (Å²) in [5, 5.41) is 3.00. The lowest BCUT2D eigenvalue weighted by molar-refractivity contribution is -0.140. The van der Waals surface area contributed by atoms with E-state index in [1.54, 1.807) is 11.8 Å². The number of hydrogen-bond donors (Lipinski definition) is 1. The van der Waals surface area contributed by atoms with Crippen LogP contribution in [-0.4, -0.2) is 28.8 Å². The average molecular weight is 459 g/mol. The molecule has 2 aromatic carbocycles. The van der Waals surface area contributed by atoms with Crippen LogP contribution in [0.2, 0.25) is 0 Å². The molecule has 0 unspecified atom stereocenters. The van der Waals surface area contributed by atoms with E-state index in [-0.39, 0.29) is 24.3 Å². The van der Waals surface area contributed by atoms with Gasteiger partial charge in [0.05, 0.1) is 6.42 Å². The third kappa shape index (κ3) is 6.70. The van der Waals surface area contributed by atoms with Crippen LogP contribution in [0.5, 0.6) is 0 Å². The second-order valence-corrected chi connectivity index (χ2v) is 8.66. The standard InChI is InChI=1S/C24H31BrN2O2/c1-6-18(4)26-24(29)19(5)27(15-21-8-7-9-22(25)13-21)23(28)14-20-11-10-16(2)17(3)12-20/h7-13,18-19H,6,14-15H2,1-5H3,(H,26,29)/t18-,19-/m1/s1. The maximum Gasteiger partial charge on any atom is 0.242 e. The first-order valence-electron chi connectivity index (χ1n) is 10.1. The molecule has 2 amide bonds. The van der Waals surface area contributed by atoms with E-state index in [4.69, 9.17) is 0 Å². The number of benzene rings is 2. The third-order valence-corrected chi connectivity index (χ3v) is 5.83. The van der Waals surface area contributed by atoms with E-state index in [0.29, 0.717) is 6.54 Å². The lowest BCUT2D eigenvalue weighted by Crippen LogP contribution is -2.49. The Labute approximate surface area is 182 Å². The first kappa shape index (κ1) is 23.1. The van der Waals surface area contributed by atoms with Crippen molar-refractivity contribution in [2.24, 2.45) is 0 Å². The predicted molar refractivity (Wildman–Crippen MR) is 122 cm³/mol. The molecule has 0 spiro atoms. The second kappa shape index (κ2) is 10.6. The summed E-state index contributed by atoms with van der Waals surface area (Å²) in [5.74, 6) is -0.178. The van der Waals surface area contributed by atoms with E-state index in [2.05, 4.69) is 34.2 Å². The zero-order valence-corrected chi connectivity index (χ0v) is 19.5. The monoisotopic (exact) mass is 458 g/mol. The minimum absolute atomic E-state index is 0.0555. The van der Waals surface area contributed by atoms with Crippen LogP contribution in [-0.2, 0) is 22.6 Å². The van der Waals surface area contributed by atoms with Crippen molar-refractivity contribution in [2.45, 2.75) is 66.1 Å². The van der Waals surface area contributed by atoms with Gasteiger partial charge in [-0.15, -0.1) is 0 Å². The highest BCUT2D eigenvalue weighted by molar-refractivity contribution is 9.10. The molecule has 0 saturated carbocycles. The molecule has 0 heterocycles. The Morgan fingerprint density at radius 3 is 2.38 bits per heavy atom. The van der Waals surface area contributed by atoms with Crippen LogP contribution in [0, 0.1) is 13.8 Å². The molecular formula is C24H31BrN2O2. The molecule has 0 saturated heterocycles. The van der Waals surface area contributed by atoms with Gasteiger partial charge in [-0.25, -0.2) is 0 Å². The molecule has 0 fully saturated rings. The Balaban J connectivity index is 2.25. The maximum absolute atomic E-state index is 13.2. The normalized spacial score (nSPS) is 12.9. The molecule has 29 heavy (non-hydrogen) atoms. The first-order valence-corrected chi connectivity index (χ1v) is 10.9. The summed E-state index contributed by atoms with van der Waals surface area (Å²) in [5.41, 5.74) is 4.31. The van der Waals surface area contributed by atoms with Crippen LogP contribution in [0.25, 0.3) is 0 Å². The Bertz CT molecular complexity index is 866. The Morgan fingerprint density at radius 1 is 1.03 bits per heavy atom. The summed E-state index contributed by atoms with van der Waals surface area (Å²) in [4.78, 5) is 27.7. The van der Waals surface area contributed by atoms with Crippen LogP contribution >= 0.6 is 15.9 Å². The molecule has 156 valence electrons. The maximum atomic E-state index is 13.2. The van der Waals surface area contributed by atoms with Crippen molar-refractivity contribution in [3.63, 3.8) is 0 Å². The fourth-order valence-corrected chi connectivity index (χ4v) is 3.52. The minimum Gasteiger partial charge on any atom is -0.352 e. The molecule has 2 rings (SSSR count). The van der Waals surface area contributed by atoms with E-state index < -0.39 is 6.04 Å². The first-order chi connectivity index (χ1) is 13.7. The molecule has 1 N–H and O–H groups in total. The highest BCUT2D eigenvalue weighted by Gasteiger charge is 2.27. The molecule has 2 atom stereocenters. The fraction of sp³-hybridized carbons (Fsp3) is 0.417. The molecule has 0 aliphatic heterocycles. The Morgan fingerprint density at radius 2 is 1.76 bits per heavy atom. The Kier molecular flexibility index (Phi) is 8.45. The highest BCUT2D eigenvalue weighted by atomic mass is 79.9. The van der Waals surface area contributed by atoms with Crippen LogP contribution in [0.3, 0.4) is 0 Å². The van der Waals surface area contributed by atoms with Gasteiger partial charge in [0.2, 0.25) is 11.8 Å². The number of hydrogen-bond acceptors (Lipinski definition) is 2. The number of nitrogens with zero attached hydrogens (tertiary/aromatic N) is 1. The summed E-state index contributed by atoms with van der Waals surface area (Å²) in [6.45, 7) is 10.3. The Hall–Kier alpha value is -2.14. The van der Waals surface area contributed by atoms with Crippen LogP contribution in [0.15, 0.2) is 46.9 Å². The van der Waals surface area contributed by atoms with Crippen molar-refractivity contribution in [2.75, 3.05) is 0 Å². The minimum atomic E-state index is -0.554. The topological polar surface area (TPSA) is 49.4 Å². The molecule has 0 aromatic heterocycles. The molecule has 0 aliphatic rings. The third-order valence-electron chi connectivity index (χ3n) is 5.34. The van der Waals surface area contributed by atoms with Crippen LogP contribution < -0.4 is 5.32 Å². The summed E-state index contributed by atoms with van der Waals surface area (Å²) >= 11 is 3.48. The van der Waals surface area contributed by atoms with Gasteiger partial charge in [-0.05, 0) is 68.5 Å². The quantitative estimate of drug-likeness (QED) is 0.608. The van der Waals surface area contributed by atoms with E-state index in [1.807, 2.05) is 57.2 Å². The number of aryl methyl sites for hydroxylation is 2. The summed E-state index contributed by atoms with van der Waals surface area (Å²) in [6.07, 6.45) is 1.12. The second-order valence-electron chi connectivity index (χ2n) is 7.74. The van der Waals surface area contributed by atoms with Gasteiger partial charge in [-0.2, -0.15) is 0 Å². The molecule has 2 aromatic rings. The number of nitrogens with one attached hydrogen (secondary N) is 1. The van der Waals surface area contributed by atoms with Gasteiger partial charge in [0.25, 0.3) is 0 Å². The van der Waals surface area contributed by atoms with Gasteiger partial charge in [-0.3, -0.25) is 9.59 Å². The summed E-state index contributed by atoms with van der Waals surface area (Å²) < 4.78 is 0.952. The lowest BCUT2D eigenvalue weighted by atomic mass is 10.0. The molecule has 0 bridgehead atoms. The van der Waals surface area contributed by atoms with E-state index in [0.717, 1.165) is 27.6 Å². The van der Waals surface area contributed by atoms with Crippen molar-refractivity contribution in [3.8, 4) is 0 Å². The van der Waals surface area contributed by atoms with Crippen molar-refractivity contribution < 1.29 is 9.59 Å². The number of rotatable bonds is 8. The summed E-state index contributed by atoms with van der Waals surface area (Å²) in [7, 11) is 0. The highest BCUT2D eigenvalue weighted by Crippen LogP contribution is 2.17. The zero-order chi connectivity index (χ0) is 21.6. The molecule has 5 heteroatoms. The van der Waals surface area contributed by atoms with Gasteiger partial charge in [-0.1, -0.05) is 53.2 Å². The molecular weight excluding hydrogens is 428 g/mol. The summed E-state index contributed by atoms with van der Waals surface area (Å²) in [6, 6.07) is 13.4. The SMILES string of the molecule is CC[C@@H](C)NC(=O)[C@@H](C)N(Cc1cccc(Br)c1)C(=O)Cc1ccc(C)c(C)c1. The van der Waals surface area contributed by atoms with Crippen molar-refractivity contribution in [3.05, 3.63) is 69.2 Å². The van der Waals surface area contributed by atoms with Gasteiger partial charge in [0.15, 0.2) is 0 Å². The van der Waals surface area contributed by atoms with Crippen LogP contribution in [0.4, 0.5) is 0 Å². The van der Waals surface area contributed by atoms with Crippen molar-refractivity contribution >= 4 is 27.7 Å². The largest absolute Gasteiger partial charge is 0.352 e. The van der Waals surface area contributed by atoms with E-state index in [1.165, 1.54) is 5.56 Å². The van der Waals surface area contributed by atoms with Gasteiger partial charge in [0, 0.05) is 17.1 Å². The van der Waals surface area contributed by atoms with Crippen molar-refractivity contribution in [1.82, 2.24) is 10.2 Å². The molecule has 0 radical (unpaired) electrons. The van der Waals surface area contributed by atoms with E-state index >= 15 is 0 Å². The molecule has 0 aliphatic carbocycles. The predicted octanol–water partition coefficient (Wildman–Crippen LogP) is 4.94. The van der Waals surface area contributed by atoms with Crippen molar-refractivity contribution in [1.29, 1.82) is 0 Å². The smallest absolute Gasteiger partial charge is 0.242 e. The van der Waals surface area contributed by atoms with E-state index in [9.17, 15) is 9.59 Å².